The van der Waals surface area contributed by atoms with Gasteiger partial charge >= 0.3 is 0 Å². The van der Waals surface area contributed by atoms with Gasteiger partial charge in [-0.15, -0.1) is 0 Å². The molecule has 1 aromatic rings. The van der Waals surface area contributed by atoms with E-state index < -0.39 is 0 Å². The van der Waals surface area contributed by atoms with E-state index in [0.29, 0.717) is 17.9 Å². The van der Waals surface area contributed by atoms with Crippen LogP contribution in [0.1, 0.15) is 57.6 Å². The maximum Gasteiger partial charge on any atom is 0.00620 e. The molecule has 1 heteroatoms. The molecule has 1 nitrogen and oxygen atoms in total. The van der Waals surface area contributed by atoms with Crippen molar-refractivity contribution in [2.75, 3.05) is 0 Å². The highest BCUT2D eigenvalue weighted by Gasteiger charge is 2.06. The highest BCUT2D eigenvalue weighted by molar-refractivity contribution is 5.24. The maximum absolute atomic E-state index is 6.04. The van der Waals surface area contributed by atoms with E-state index in [1.807, 2.05) is 0 Å². The van der Waals surface area contributed by atoms with Crippen LogP contribution in [-0.2, 0) is 6.42 Å². The molecule has 2 N–H and O–H groups in total. The first-order valence-corrected chi connectivity index (χ1v) is 6.85. The lowest BCUT2D eigenvalue weighted by molar-refractivity contribution is 0.452. The Morgan fingerprint density at radius 1 is 1.00 bits per heavy atom. The molecule has 17 heavy (non-hydrogen) atoms. The molecular formula is C16H27N. The molecule has 1 atom stereocenters. The molecular weight excluding hydrogens is 206 g/mol. The minimum absolute atomic E-state index is 0.352. The molecule has 0 aliphatic rings. The van der Waals surface area contributed by atoms with Crippen LogP contribution in [0.4, 0.5) is 0 Å². The summed E-state index contributed by atoms with van der Waals surface area (Å²) in [6.07, 6.45) is 3.47. The number of benzene rings is 1. The van der Waals surface area contributed by atoms with E-state index in [1.165, 1.54) is 17.5 Å². The summed E-state index contributed by atoms with van der Waals surface area (Å²) in [7, 11) is 0. The molecule has 0 bridgehead atoms. The standard InChI is InChI=1S/C16H27N/c1-12(2)15-10-8-14(9-11-15)6-5-7-16(17)13(3)4/h8-13,16H,5-7,17H2,1-4H3. The number of aryl methyl sites for hydroxylation is 1. The zero-order valence-corrected chi connectivity index (χ0v) is 11.7. The van der Waals surface area contributed by atoms with Crippen LogP contribution in [0.2, 0.25) is 0 Å². The van der Waals surface area contributed by atoms with Crippen LogP contribution in [0.15, 0.2) is 24.3 Å². The lowest BCUT2D eigenvalue weighted by atomic mass is 9.96. The summed E-state index contributed by atoms with van der Waals surface area (Å²) >= 11 is 0. The first kappa shape index (κ1) is 14.2. The van der Waals surface area contributed by atoms with Gasteiger partial charge in [0.2, 0.25) is 0 Å². The van der Waals surface area contributed by atoms with Crippen LogP contribution < -0.4 is 5.73 Å². The fraction of sp³-hybridized carbons (Fsp3) is 0.625. The summed E-state index contributed by atoms with van der Waals surface area (Å²) in [6.45, 7) is 8.86. The topological polar surface area (TPSA) is 26.0 Å². The Balaban J connectivity index is 2.37. The zero-order valence-electron chi connectivity index (χ0n) is 11.7. The van der Waals surface area contributed by atoms with E-state index in [2.05, 4.69) is 52.0 Å². The lowest BCUT2D eigenvalue weighted by Gasteiger charge is -2.15. The van der Waals surface area contributed by atoms with Crippen LogP contribution in [0.5, 0.6) is 0 Å². The normalized spacial score (nSPS) is 13.4. The molecule has 0 saturated carbocycles. The second kappa shape index (κ2) is 6.80. The molecule has 0 fully saturated rings. The van der Waals surface area contributed by atoms with Gasteiger partial charge in [0.25, 0.3) is 0 Å². The number of hydrogen-bond donors (Lipinski definition) is 1. The third kappa shape index (κ3) is 4.91. The van der Waals surface area contributed by atoms with Crippen LogP contribution in [0.3, 0.4) is 0 Å². The fourth-order valence-electron chi connectivity index (χ4n) is 1.94. The molecule has 0 aliphatic heterocycles. The molecule has 96 valence electrons. The van der Waals surface area contributed by atoms with E-state index in [1.54, 1.807) is 0 Å². The Morgan fingerprint density at radius 2 is 1.59 bits per heavy atom. The zero-order chi connectivity index (χ0) is 12.8. The van der Waals surface area contributed by atoms with Gasteiger partial charge in [-0.2, -0.15) is 0 Å². The highest BCUT2D eigenvalue weighted by atomic mass is 14.6. The minimum Gasteiger partial charge on any atom is -0.327 e. The van der Waals surface area contributed by atoms with E-state index in [-0.39, 0.29) is 0 Å². The Hall–Kier alpha value is -0.820. The van der Waals surface area contributed by atoms with Crippen molar-refractivity contribution in [3.63, 3.8) is 0 Å². The van der Waals surface area contributed by atoms with Gasteiger partial charge in [-0.25, -0.2) is 0 Å². The van der Waals surface area contributed by atoms with Crippen molar-refractivity contribution in [3.8, 4) is 0 Å². The SMILES string of the molecule is CC(C)c1ccc(CCCC(N)C(C)C)cc1. The van der Waals surface area contributed by atoms with Crippen molar-refractivity contribution >= 4 is 0 Å². The van der Waals surface area contributed by atoms with E-state index in [4.69, 9.17) is 5.73 Å². The van der Waals surface area contributed by atoms with Crippen molar-refractivity contribution < 1.29 is 0 Å². The summed E-state index contributed by atoms with van der Waals surface area (Å²) in [4.78, 5) is 0. The van der Waals surface area contributed by atoms with Gasteiger partial charge in [0, 0.05) is 6.04 Å². The van der Waals surface area contributed by atoms with Crippen molar-refractivity contribution in [3.05, 3.63) is 35.4 Å². The first-order chi connectivity index (χ1) is 8.00. The van der Waals surface area contributed by atoms with Crippen LogP contribution in [0, 0.1) is 5.92 Å². The Bertz CT molecular complexity index is 311. The lowest BCUT2D eigenvalue weighted by Crippen LogP contribution is -2.26. The second-order valence-electron chi connectivity index (χ2n) is 5.70. The summed E-state index contributed by atoms with van der Waals surface area (Å²) < 4.78 is 0. The maximum atomic E-state index is 6.04. The van der Waals surface area contributed by atoms with Gasteiger partial charge < -0.3 is 5.73 Å². The van der Waals surface area contributed by atoms with Crippen LogP contribution >= 0.6 is 0 Å². The van der Waals surface area contributed by atoms with Gasteiger partial charge in [0.1, 0.15) is 0 Å². The monoisotopic (exact) mass is 233 g/mol. The summed E-state index contributed by atoms with van der Waals surface area (Å²) in [5.74, 6) is 1.22. The minimum atomic E-state index is 0.352. The number of hydrogen-bond acceptors (Lipinski definition) is 1. The third-order valence-corrected chi connectivity index (χ3v) is 3.51. The average molecular weight is 233 g/mol. The molecule has 1 unspecified atom stereocenters. The molecule has 0 amide bonds. The van der Waals surface area contributed by atoms with Gasteiger partial charge in [0.15, 0.2) is 0 Å². The van der Waals surface area contributed by atoms with Gasteiger partial charge in [-0.05, 0) is 42.2 Å². The van der Waals surface area contributed by atoms with Crippen LogP contribution in [-0.4, -0.2) is 6.04 Å². The summed E-state index contributed by atoms with van der Waals surface area (Å²) in [5.41, 5.74) is 8.90. The Morgan fingerprint density at radius 3 is 2.06 bits per heavy atom. The molecule has 0 spiro atoms. The summed E-state index contributed by atoms with van der Waals surface area (Å²) in [5, 5.41) is 0. The van der Waals surface area contributed by atoms with E-state index in [0.717, 1.165) is 12.8 Å². The molecule has 0 aliphatic carbocycles. The number of nitrogens with two attached hydrogens (primary N) is 1. The average Bonchev–Trinajstić information content (AvgIpc) is 2.29. The largest absolute Gasteiger partial charge is 0.327 e. The Kier molecular flexibility index (Phi) is 5.70. The van der Waals surface area contributed by atoms with Crippen molar-refractivity contribution in [1.29, 1.82) is 0 Å². The molecule has 1 rings (SSSR count). The van der Waals surface area contributed by atoms with Gasteiger partial charge in [-0.3, -0.25) is 0 Å². The Labute approximate surface area is 106 Å². The van der Waals surface area contributed by atoms with Crippen molar-refractivity contribution in [2.45, 2.75) is 58.9 Å². The smallest absolute Gasteiger partial charge is 0.00620 e. The van der Waals surface area contributed by atoms with E-state index >= 15 is 0 Å². The molecule has 0 saturated heterocycles. The summed E-state index contributed by atoms with van der Waals surface area (Å²) in [6, 6.07) is 9.38. The van der Waals surface area contributed by atoms with Gasteiger partial charge in [-0.1, -0.05) is 52.0 Å². The molecule has 0 radical (unpaired) electrons. The molecule has 0 heterocycles. The molecule has 1 aromatic carbocycles. The van der Waals surface area contributed by atoms with Crippen molar-refractivity contribution in [1.82, 2.24) is 0 Å². The third-order valence-electron chi connectivity index (χ3n) is 3.51. The quantitative estimate of drug-likeness (QED) is 0.786. The predicted molar refractivity (Wildman–Crippen MR) is 76.3 cm³/mol. The molecule has 0 aromatic heterocycles. The van der Waals surface area contributed by atoms with E-state index in [9.17, 15) is 0 Å². The predicted octanol–water partition coefficient (Wildman–Crippen LogP) is 4.12. The van der Waals surface area contributed by atoms with Gasteiger partial charge in [0.05, 0.1) is 0 Å². The number of rotatable bonds is 6. The first-order valence-electron chi connectivity index (χ1n) is 6.85. The highest BCUT2D eigenvalue weighted by Crippen LogP contribution is 2.16. The van der Waals surface area contributed by atoms with Crippen molar-refractivity contribution in [2.24, 2.45) is 11.7 Å². The van der Waals surface area contributed by atoms with Crippen LogP contribution in [0.25, 0.3) is 0 Å². The second-order valence-corrected chi connectivity index (χ2v) is 5.70. The fourth-order valence-corrected chi connectivity index (χ4v) is 1.94.